The summed E-state index contributed by atoms with van der Waals surface area (Å²) in [4.78, 5) is 0. The summed E-state index contributed by atoms with van der Waals surface area (Å²) in [5, 5.41) is 0.221. The molecule has 1 rings (SSSR count). The van der Waals surface area contributed by atoms with Gasteiger partial charge in [0.1, 0.15) is 0 Å². The van der Waals surface area contributed by atoms with Gasteiger partial charge >= 0.3 is 0 Å². The lowest BCUT2D eigenvalue weighted by Gasteiger charge is -2.17. The molecule has 0 aliphatic rings. The van der Waals surface area contributed by atoms with Gasteiger partial charge in [0.05, 0.1) is 0 Å². The molecule has 2 atom stereocenters. The molecule has 0 fully saturated rings. The molecule has 2 heteroatoms. The van der Waals surface area contributed by atoms with E-state index in [9.17, 15) is 0 Å². The number of alkyl halides is 1. The summed E-state index contributed by atoms with van der Waals surface area (Å²) in [5.74, 6) is 0.405. The zero-order chi connectivity index (χ0) is 9.84. The lowest BCUT2D eigenvalue weighted by Crippen LogP contribution is -2.08. The third-order valence-electron chi connectivity index (χ3n) is 2.33. The first-order valence-electron chi connectivity index (χ1n) is 4.55. The minimum atomic E-state index is 0.221. The second kappa shape index (κ2) is 5.02. The molecular weight excluding hydrogens is 247 g/mol. The lowest BCUT2D eigenvalue weighted by atomic mass is 9.96. The Morgan fingerprint density at radius 3 is 2.54 bits per heavy atom. The van der Waals surface area contributed by atoms with E-state index >= 15 is 0 Å². The zero-order valence-corrected chi connectivity index (χ0v) is 10.3. The summed E-state index contributed by atoms with van der Waals surface area (Å²) in [7, 11) is 0. The molecule has 72 valence electrons. The van der Waals surface area contributed by atoms with Crippen molar-refractivity contribution in [3.63, 3.8) is 0 Å². The monoisotopic (exact) mass is 260 g/mol. The van der Waals surface area contributed by atoms with E-state index in [4.69, 9.17) is 11.6 Å². The minimum absolute atomic E-state index is 0.221. The molecule has 0 heterocycles. The van der Waals surface area contributed by atoms with E-state index in [1.54, 1.807) is 0 Å². The predicted octanol–water partition coefficient (Wildman–Crippen LogP) is 4.57. The highest BCUT2D eigenvalue weighted by molar-refractivity contribution is 9.10. The van der Waals surface area contributed by atoms with Crippen LogP contribution < -0.4 is 0 Å². The van der Waals surface area contributed by atoms with Crippen molar-refractivity contribution in [1.82, 2.24) is 0 Å². The van der Waals surface area contributed by atoms with Gasteiger partial charge in [-0.25, -0.2) is 0 Å². The summed E-state index contributed by atoms with van der Waals surface area (Å²) in [6.07, 6.45) is 1.00. The first-order chi connectivity index (χ1) is 6.16. The van der Waals surface area contributed by atoms with E-state index in [0.717, 1.165) is 10.9 Å². The molecule has 0 bridgehead atoms. The van der Waals surface area contributed by atoms with Crippen LogP contribution in [0.1, 0.15) is 31.7 Å². The Balaban J connectivity index is 2.88. The first-order valence-corrected chi connectivity index (χ1v) is 5.78. The summed E-state index contributed by atoms with van der Waals surface area (Å²) in [6.45, 7) is 4.28. The molecule has 0 aromatic heterocycles. The van der Waals surface area contributed by atoms with E-state index in [-0.39, 0.29) is 5.38 Å². The third kappa shape index (κ3) is 2.72. The summed E-state index contributed by atoms with van der Waals surface area (Å²) >= 11 is 9.74. The van der Waals surface area contributed by atoms with Crippen molar-refractivity contribution >= 4 is 27.5 Å². The van der Waals surface area contributed by atoms with Crippen LogP contribution >= 0.6 is 27.5 Å². The standard InChI is InChI=1S/C11H14BrCl/c1-3-11(13)8(2)9-6-4-5-7-10(9)12/h4-8,11H,3H2,1-2H3. The van der Waals surface area contributed by atoms with E-state index in [1.165, 1.54) is 5.56 Å². The average Bonchev–Trinajstić information content (AvgIpc) is 2.16. The van der Waals surface area contributed by atoms with Gasteiger partial charge in [0.2, 0.25) is 0 Å². The SMILES string of the molecule is CCC(Cl)C(C)c1ccccc1Br. The van der Waals surface area contributed by atoms with Crippen LogP contribution in [-0.2, 0) is 0 Å². The number of rotatable bonds is 3. The summed E-state index contributed by atoms with van der Waals surface area (Å²) in [5.41, 5.74) is 1.30. The van der Waals surface area contributed by atoms with Crippen LogP contribution in [0, 0.1) is 0 Å². The van der Waals surface area contributed by atoms with Crippen molar-refractivity contribution in [2.24, 2.45) is 0 Å². The van der Waals surface area contributed by atoms with Crippen molar-refractivity contribution < 1.29 is 0 Å². The molecule has 0 nitrogen and oxygen atoms in total. The summed E-state index contributed by atoms with van der Waals surface area (Å²) < 4.78 is 1.15. The molecule has 0 aliphatic carbocycles. The number of hydrogen-bond donors (Lipinski definition) is 0. The van der Waals surface area contributed by atoms with Crippen molar-refractivity contribution in [3.05, 3.63) is 34.3 Å². The molecule has 0 aliphatic heterocycles. The smallest absolute Gasteiger partial charge is 0.0399 e. The van der Waals surface area contributed by atoms with E-state index in [0.29, 0.717) is 5.92 Å². The van der Waals surface area contributed by atoms with Crippen LogP contribution in [0.25, 0.3) is 0 Å². The molecule has 2 unspecified atom stereocenters. The topological polar surface area (TPSA) is 0 Å². The van der Waals surface area contributed by atoms with Crippen molar-refractivity contribution in [3.8, 4) is 0 Å². The number of hydrogen-bond acceptors (Lipinski definition) is 0. The maximum Gasteiger partial charge on any atom is 0.0399 e. The molecular formula is C11H14BrCl. The van der Waals surface area contributed by atoms with Gasteiger partial charge < -0.3 is 0 Å². The molecule has 1 aromatic rings. The Hall–Kier alpha value is -0.0100. The lowest BCUT2D eigenvalue weighted by molar-refractivity contribution is 0.672. The van der Waals surface area contributed by atoms with Crippen LogP contribution in [-0.4, -0.2) is 5.38 Å². The van der Waals surface area contributed by atoms with E-state index in [1.807, 2.05) is 6.07 Å². The van der Waals surface area contributed by atoms with Gasteiger partial charge in [0.25, 0.3) is 0 Å². The van der Waals surface area contributed by atoms with Gasteiger partial charge in [0, 0.05) is 9.85 Å². The van der Waals surface area contributed by atoms with Gasteiger partial charge in [-0.3, -0.25) is 0 Å². The fraction of sp³-hybridized carbons (Fsp3) is 0.455. The van der Waals surface area contributed by atoms with Crippen LogP contribution in [0.3, 0.4) is 0 Å². The average molecular weight is 262 g/mol. The molecule has 0 N–H and O–H groups in total. The molecule has 13 heavy (non-hydrogen) atoms. The van der Waals surface area contributed by atoms with Gasteiger partial charge in [-0.2, -0.15) is 0 Å². The molecule has 0 saturated heterocycles. The fourth-order valence-corrected chi connectivity index (χ4v) is 2.17. The second-order valence-electron chi connectivity index (χ2n) is 3.23. The number of benzene rings is 1. The maximum atomic E-state index is 6.20. The van der Waals surface area contributed by atoms with Crippen LogP contribution in [0.2, 0.25) is 0 Å². The Kier molecular flexibility index (Phi) is 4.27. The highest BCUT2D eigenvalue weighted by Crippen LogP contribution is 2.30. The van der Waals surface area contributed by atoms with Crippen molar-refractivity contribution in [2.75, 3.05) is 0 Å². The highest BCUT2D eigenvalue weighted by Gasteiger charge is 2.16. The summed E-state index contributed by atoms with van der Waals surface area (Å²) in [6, 6.07) is 8.26. The predicted molar refractivity (Wildman–Crippen MR) is 62.5 cm³/mol. The largest absolute Gasteiger partial charge is 0.122 e. The van der Waals surface area contributed by atoms with Crippen LogP contribution in [0.5, 0.6) is 0 Å². The molecule has 0 spiro atoms. The Morgan fingerprint density at radius 1 is 1.38 bits per heavy atom. The Bertz CT molecular complexity index is 273. The minimum Gasteiger partial charge on any atom is -0.122 e. The molecule has 0 saturated carbocycles. The molecule has 0 amide bonds. The normalized spacial score (nSPS) is 15.4. The second-order valence-corrected chi connectivity index (χ2v) is 4.65. The molecule has 1 aromatic carbocycles. The third-order valence-corrected chi connectivity index (χ3v) is 3.74. The van der Waals surface area contributed by atoms with Crippen LogP contribution in [0.4, 0.5) is 0 Å². The zero-order valence-electron chi connectivity index (χ0n) is 7.93. The van der Waals surface area contributed by atoms with Crippen LogP contribution in [0.15, 0.2) is 28.7 Å². The first kappa shape index (κ1) is 11.1. The van der Waals surface area contributed by atoms with Crippen molar-refractivity contribution in [2.45, 2.75) is 31.6 Å². The van der Waals surface area contributed by atoms with Gasteiger partial charge in [0.15, 0.2) is 0 Å². The number of halogens is 2. The van der Waals surface area contributed by atoms with Gasteiger partial charge in [-0.05, 0) is 24.0 Å². The van der Waals surface area contributed by atoms with Crippen molar-refractivity contribution in [1.29, 1.82) is 0 Å². The Morgan fingerprint density at radius 2 is 2.00 bits per heavy atom. The quantitative estimate of drug-likeness (QED) is 0.699. The Labute approximate surface area is 93.4 Å². The highest BCUT2D eigenvalue weighted by atomic mass is 79.9. The van der Waals surface area contributed by atoms with E-state index in [2.05, 4.69) is 48.0 Å². The fourth-order valence-electron chi connectivity index (χ4n) is 1.39. The van der Waals surface area contributed by atoms with Gasteiger partial charge in [-0.1, -0.05) is 48.0 Å². The van der Waals surface area contributed by atoms with Gasteiger partial charge in [-0.15, -0.1) is 11.6 Å². The molecule has 0 radical (unpaired) electrons. The maximum absolute atomic E-state index is 6.20. The van der Waals surface area contributed by atoms with E-state index < -0.39 is 0 Å².